The first kappa shape index (κ1) is 17.4. The van der Waals surface area contributed by atoms with Crippen LogP contribution in [0.2, 0.25) is 15.1 Å². The Morgan fingerprint density at radius 3 is 2.41 bits per heavy atom. The summed E-state index contributed by atoms with van der Waals surface area (Å²) in [5.41, 5.74) is 1.40. The van der Waals surface area contributed by atoms with Gasteiger partial charge >= 0.3 is 0 Å². The molecule has 0 unspecified atom stereocenters. The molecule has 1 amide bonds. The molecular formula is C15H11BrCl3NO2. The lowest BCUT2D eigenvalue weighted by Gasteiger charge is -2.11. The number of anilines is 1. The standard InChI is InChI=1S/C15H11BrCl3NO2/c1-8-2-3-13(10(16)4-8)22-7-14(21)20-15-11(18)5-9(17)6-12(15)19/h2-6H,7H2,1H3,(H,20,21). The molecule has 0 fully saturated rings. The lowest BCUT2D eigenvalue weighted by molar-refractivity contribution is -0.118. The van der Waals surface area contributed by atoms with Crippen LogP contribution in [-0.4, -0.2) is 12.5 Å². The van der Waals surface area contributed by atoms with E-state index in [1.54, 1.807) is 6.07 Å². The van der Waals surface area contributed by atoms with Gasteiger partial charge in [-0.3, -0.25) is 4.79 Å². The second-order valence-electron chi connectivity index (χ2n) is 4.52. The summed E-state index contributed by atoms with van der Waals surface area (Å²) in [4.78, 5) is 12.0. The second kappa shape index (κ2) is 7.55. The number of rotatable bonds is 4. The predicted molar refractivity (Wildman–Crippen MR) is 94.5 cm³/mol. The maximum absolute atomic E-state index is 12.0. The SMILES string of the molecule is Cc1ccc(OCC(=O)Nc2c(Cl)cc(Cl)cc2Cl)c(Br)c1. The van der Waals surface area contributed by atoms with E-state index < -0.39 is 0 Å². The van der Waals surface area contributed by atoms with Gasteiger partial charge in [0.2, 0.25) is 0 Å². The smallest absolute Gasteiger partial charge is 0.262 e. The molecule has 0 spiro atoms. The fraction of sp³-hybridized carbons (Fsp3) is 0.133. The second-order valence-corrected chi connectivity index (χ2v) is 6.62. The van der Waals surface area contributed by atoms with Crippen LogP contribution in [0, 0.1) is 6.92 Å². The molecule has 0 aliphatic rings. The molecule has 0 saturated heterocycles. The van der Waals surface area contributed by atoms with Gasteiger partial charge in [0.05, 0.1) is 20.2 Å². The van der Waals surface area contributed by atoms with Crippen molar-refractivity contribution in [3.8, 4) is 5.75 Å². The summed E-state index contributed by atoms with van der Waals surface area (Å²) < 4.78 is 6.24. The predicted octanol–water partition coefficient (Wildman–Crippen LogP) is 5.74. The molecular weight excluding hydrogens is 412 g/mol. The van der Waals surface area contributed by atoms with Gasteiger partial charge in [-0.2, -0.15) is 0 Å². The number of ether oxygens (including phenoxy) is 1. The Hall–Kier alpha value is -0.940. The number of nitrogens with one attached hydrogen (secondary N) is 1. The number of amides is 1. The molecule has 0 radical (unpaired) electrons. The average Bonchev–Trinajstić information content (AvgIpc) is 2.42. The monoisotopic (exact) mass is 421 g/mol. The molecule has 0 saturated carbocycles. The molecule has 2 aromatic carbocycles. The van der Waals surface area contributed by atoms with Crippen LogP contribution in [0.1, 0.15) is 5.56 Å². The fourth-order valence-corrected chi connectivity index (χ4v) is 3.22. The summed E-state index contributed by atoms with van der Waals surface area (Å²) >= 11 is 21.2. The molecule has 0 bridgehead atoms. The van der Waals surface area contributed by atoms with Gasteiger partial charge in [-0.05, 0) is 52.7 Å². The highest BCUT2D eigenvalue weighted by Gasteiger charge is 2.12. The summed E-state index contributed by atoms with van der Waals surface area (Å²) in [5, 5.41) is 3.53. The maximum atomic E-state index is 12.0. The first-order valence-electron chi connectivity index (χ1n) is 6.20. The number of carbonyl (C=O) groups is 1. The number of aryl methyl sites for hydroxylation is 1. The molecule has 116 valence electrons. The molecule has 1 N–H and O–H groups in total. The maximum Gasteiger partial charge on any atom is 0.262 e. The normalized spacial score (nSPS) is 10.4. The van der Waals surface area contributed by atoms with Crippen molar-refractivity contribution in [1.82, 2.24) is 0 Å². The van der Waals surface area contributed by atoms with E-state index in [1.807, 2.05) is 19.1 Å². The van der Waals surface area contributed by atoms with Crippen molar-refractivity contribution in [3.63, 3.8) is 0 Å². The van der Waals surface area contributed by atoms with Crippen LogP contribution in [0.5, 0.6) is 5.75 Å². The highest BCUT2D eigenvalue weighted by Crippen LogP contribution is 2.33. The van der Waals surface area contributed by atoms with Gasteiger partial charge in [-0.25, -0.2) is 0 Å². The van der Waals surface area contributed by atoms with Crippen LogP contribution in [0.4, 0.5) is 5.69 Å². The molecule has 0 aliphatic heterocycles. The van der Waals surface area contributed by atoms with Crippen LogP contribution >= 0.6 is 50.7 Å². The number of halogens is 4. The van der Waals surface area contributed by atoms with E-state index in [9.17, 15) is 4.79 Å². The van der Waals surface area contributed by atoms with Crippen molar-refractivity contribution >= 4 is 62.3 Å². The van der Waals surface area contributed by atoms with Crippen LogP contribution < -0.4 is 10.1 Å². The summed E-state index contributed by atoms with van der Waals surface area (Å²) in [7, 11) is 0. The van der Waals surface area contributed by atoms with Gasteiger partial charge in [0.1, 0.15) is 5.75 Å². The zero-order valence-electron chi connectivity index (χ0n) is 11.4. The van der Waals surface area contributed by atoms with Gasteiger partial charge in [-0.15, -0.1) is 0 Å². The largest absolute Gasteiger partial charge is 0.483 e. The van der Waals surface area contributed by atoms with E-state index in [0.29, 0.717) is 16.5 Å². The average molecular weight is 424 g/mol. The minimum atomic E-state index is -0.376. The number of hydrogen-bond acceptors (Lipinski definition) is 2. The summed E-state index contributed by atoms with van der Waals surface area (Å²) in [5.74, 6) is 0.202. The van der Waals surface area contributed by atoms with E-state index in [0.717, 1.165) is 10.0 Å². The highest BCUT2D eigenvalue weighted by atomic mass is 79.9. The van der Waals surface area contributed by atoms with Crippen molar-refractivity contribution in [2.75, 3.05) is 11.9 Å². The number of hydrogen-bond donors (Lipinski definition) is 1. The molecule has 22 heavy (non-hydrogen) atoms. The Kier molecular flexibility index (Phi) is 5.98. The first-order valence-corrected chi connectivity index (χ1v) is 8.13. The summed E-state index contributed by atoms with van der Waals surface area (Å²) in [6.07, 6.45) is 0. The Labute approximate surface area is 151 Å². The molecule has 0 aromatic heterocycles. The third-order valence-electron chi connectivity index (χ3n) is 2.72. The molecule has 0 atom stereocenters. The van der Waals surface area contributed by atoms with Gasteiger partial charge in [0, 0.05) is 5.02 Å². The van der Waals surface area contributed by atoms with Gasteiger partial charge < -0.3 is 10.1 Å². The summed E-state index contributed by atoms with van der Waals surface area (Å²) in [6, 6.07) is 8.59. The quantitative estimate of drug-likeness (QED) is 0.681. The van der Waals surface area contributed by atoms with E-state index >= 15 is 0 Å². The van der Waals surface area contributed by atoms with E-state index in [-0.39, 0.29) is 22.6 Å². The van der Waals surface area contributed by atoms with Gasteiger partial charge in [-0.1, -0.05) is 40.9 Å². The van der Waals surface area contributed by atoms with Crippen LogP contribution in [-0.2, 0) is 4.79 Å². The molecule has 2 rings (SSSR count). The Morgan fingerprint density at radius 1 is 1.18 bits per heavy atom. The van der Waals surface area contributed by atoms with Crippen molar-refractivity contribution < 1.29 is 9.53 Å². The van der Waals surface area contributed by atoms with Crippen LogP contribution in [0.25, 0.3) is 0 Å². The van der Waals surface area contributed by atoms with E-state index in [2.05, 4.69) is 21.2 Å². The minimum Gasteiger partial charge on any atom is -0.483 e. The van der Waals surface area contributed by atoms with Crippen LogP contribution in [0.3, 0.4) is 0 Å². The van der Waals surface area contributed by atoms with Gasteiger partial charge in [0.15, 0.2) is 6.61 Å². The molecule has 3 nitrogen and oxygen atoms in total. The van der Waals surface area contributed by atoms with Crippen molar-refractivity contribution in [1.29, 1.82) is 0 Å². The Bertz CT molecular complexity index is 699. The highest BCUT2D eigenvalue weighted by molar-refractivity contribution is 9.10. The Morgan fingerprint density at radius 2 is 1.82 bits per heavy atom. The third-order valence-corrected chi connectivity index (χ3v) is 4.15. The molecule has 7 heteroatoms. The lowest BCUT2D eigenvalue weighted by Crippen LogP contribution is -2.20. The van der Waals surface area contributed by atoms with E-state index in [1.165, 1.54) is 12.1 Å². The molecule has 0 heterocycles. The number of benzene rings is 2. The third kappa shape index (κ3) is 4.53. The van der Waals surface area contributed by atoms with Crippen molar-refractivity contribution in [2.45, 2.75) is 6.92 Å². The van der Waals surface area contributed by atoms with Crippen molar-refractivity contribution in [2.24, 2.45) is 0 Å². The Balaban J connectivity index is 2.02. The summed E-state index contributed by atoms with van der Waals surface area (Å²) in [6.45, 7) is 1.79. The van der Waals surface area contributed by atoms with E-state index in [4.69, 9.17) is 39.5 Å². The molecule has 0 aliphatic carbocycles. The zero-order valence-corrected chi connectivity index (χ0v) is 15.3. The van der Waals surface area contributed by atoms with Crippen molar-refractivity contribution in [3.05, 3.63) is 55.4 Å². The zero-order chi connectivity index (χ0) is 16.3. The minimum absolute atomic E-state index is 0.170. The van der Waals surface area contributed by atoms with Gasteiger partial charge in [0.25, 0.3) is 5.91 Å². The lowest BCUT2D eigenvalue weighted by atomic mass is 10.2. The van der Waals surface area contributed by atoms with Crippen LogP contribution in [0.15, 0.2) is 34.8 Å². The fourth-order valence-electron chi connectivity index (χ4n) is 1.70. The number of carbonyl (C=O) groups excluding carboxylic acids is 1. The first-order chi connectivity index (χ1) is 10.4. The topological polar surface area (TPSA) is 38.3 Å². The molecule has 2 aromatic rings.